The number of ether oxygens (including phenoxy) is 1. The van der Waals surface area contributed by atoms with Crippen LogP contribution in [-0.4, -0.2) is 29.0 Å². The fourth-order valence-electron chi connectivity index (χ4n) is 1.93. The van der Waals surface area contributed by atoms with Gasteiger partial charge in [-0.15, -0.1) is 11.8 Å². The van der Waals surface area contributed by atoms with Crippen LogP contribution in [0.4, 0.5) is 5.69 Å². The molecule has 2 rings (SSSR count). The number of thioether (sulfide) groups is 1. The van der Waals surface area contributed by atoms with Crippen molar-refractivity contribution in [2.75, 3.05) is 18.2 Å². The fraction of sp³-hybridized carbons (Fsp3) is 0.333. The van der Waals surface area contributed by atoms with Gasteiger partial charge in [-0.25, -0.2) is 0 Å². The first kappa shape index (κ1) is 15.4. The standard InChI is InChI=1S/C15H19N3O2S/c1-10-15(11(2)18-17-10)16-14(19)9-21-8-12-5-4-6-13(7-12)20-3/h4-7H,8-9H2,1-3H3,(H,16,19)(H,17,18). The van der Waals surface area contributed by atoms with E-state index in [-0.39, 0.29) is 5.91 Å². The van der Waals surface area contributed by atoms with Crippen LogP contribution in [0.3, 0.4) is 0 Å². The van der Waals surface area contributed by atoms with E-state index < -0.39 is 0 Å². The zero-order valence-corrected chi connectivity index (χ0v) is 13.2. The topological polar surface area (TPSA) is 67.0 Å². The molecule has 6 heteroatoms. The Balaban J connectivity index is 1.82. The van der Waals surface area contributed by atoms with Gasteiger partial charge in [-0.1, -0.05) is 12.1 Å². The van der Waals surface area contributed by atoms with Crippen molar-refractivity contribution in [2.45, 2.75) is 19.6 Å². The Morgan fingerprint density at radius 2 is 2.24 bits per heavy atom. The molecule has 0 aliphatic carbocycles. The molecule has 0 atom stereocenters. The van der Waals surface area contributed by atoms with Crippen molar-refractivity contribution in [3.8, 4) is 5.75 Å². The summed E-state index contributed by atoms with van der Waals surface area (Å²) in [4.78, 5) is 11.9. The molecule has 0 saturated heterocycles. The minimum absolute atomic E-state index is 0.0181. The number of hydrogen-bond donors (Lipinski definition) is 2. The molecular formula is C15H19N3O2S. The number of H-pyrrole nitrogens is 1. The van der Waals surface area contributed by atoms with Crippen LogP contribution in [0, 0.1) is 13.8 Å². The van der Waals surface area contributed by atoms with Gasteiger partial charge >= 0.3 is 0 Å². The van der Waals surface area contributed by atoms with Crippen LogP contribution in [0.25, 0.3) is 0 Å². The van der Waals surface area contributed by atoms with Crippen LogP contribution in [0.1, 0.15) is 17.0 Å². The SMILES string of the molecule is COc1cccc(CSCC(=O)Nc2c(C)n[nH]c2C)c1. The van der Waals surface area contributed by atoms with E-state index in [1.807, 2.05) is 38.1 Å². The van der Waals surface area contributed by atoms with Gasteiger partial charge in [-0.3, -0.25) is 9.89 Å². The molecule has 112 valence electrons. The lowest BCUT2D eigenvalue weighted by Gasteiger charge is -2.06. The van der Waals surface area contributed by atoms with E-state index in [4.69, 9.17) is 4.74 Å². The van der Waals surface area contributed by atoms with Gasteiger partial charge < -0.3 is 10.1 Å². The van der Waals surface area contributed by atoms with Crippen molar-refractivity contribution in [1.29, 1.82) is 0 Å². The zero-order valence-electron chi connectivity index (χ0n) is 12.4. The number of anilines is 1. The van der Waals surface area contributed by atoms with Crippen molar-refractivity contribution in [1.82, 2.24) is 10.2 Å². The van der Waals surface area contributed by atoms with E-state index in [1.54, 1.807) is 18.9 Å². The van der Waals surface area contributed by atoms with E-state index in [0.717, 1.165) is 34.1 Å². The Morgan fingerprint density at radius 3 is 2.90 bits per heavy atom. The molecule has 0 aliphatic rings. The Labute approximate surface area is 128 Å². The highest BCUT2D eigenvalue weighted by Crippen LogP contribution is 2.19. The average molecular weight is 305 g/mol. The second kappa shape index (κ2) is 7.17. The Morgan fingerprint density at radius 1 is 1.43 bits per heavy atom. The van der Waals surface area contributed by atoms with Gasteiger partial charge in [0.2, 0.25) is 5.91 Å². The number of aromatic amines is 1. The van der Waals surface area contributed by atoms with E-state index in [9.17, 15) is 4.79 Å². The number of rotatable bonds is 6. The van der Waals surface area contributed by atoms with Crippen LogP contribution in [0.15, 0.2) is 24.3 Å². The van der Waals surface area contributed by atoms with Gasteiger partial charge in [-0.2, -0.15) is 5.10 Å². The van der Waals surface area contributed by atoms with Gasteiger partial charge in [0.25, 0.3) is 0 Å². The third-order valence-electron chi connectivity index (χ3n) is 3.03. The third kappa shape index (κ3) is 4.26. The first-order chi connectivity index (χ1) is 10.1. The normalized spacial score (nSPS) is 10.4. The summed E-state index contributed by atoms with van der Waals surface area (Å²) in [5, 5.41) is 9.80. The molecule has 2 aromatic rings. The number of carbonyl (C=O) groups is 1. The summed E-state index contributed by atoms with van der Waals surface area (Å²) in [6.45, 7) is 3.75. The molecule has 0 radical (unpaired) electrons. The van der Waals surface area contributed by atoms with E-state index in [0.29, 0.717) is 5.75 Å². The van der Waals surface area contributed by atoms with Crippen LogP contribution in [-0.2, 0) is 10.5 Å². The monoisotopic (exact) mass is 305 g/mol. The molecule has 0 unspecified atom stereocenters. The average Bonchev–Trinajstić information content (AvgIpc) is 2.79. The van der Waals surface area contributed by atoms with Crippen LogP contribution < -0.4 is 10.1 Å². The summed E-state index contributed by atoms with van der Waals surface area (Å²) >= 11 is 1.57. The smallest absolute Gasteiger partial charge is 0.234 e. The molecule has 1 amide bonds. The van der Waals surface area contributed by atoms with Crippen LogP contribution in [0.5, 0.6) is 5.75 Å². The predicted octanol–water partition coefficient (Wildman–Crippen LogP) is 2.91. The molecule has 0 aliphatic heterocycles. The number of amides is 1. The molecule has 0 spiro atoms. The maximum atomic E-state index is 11.9. The molecule has 21 heavy (non-hydrogen) atoms. The number of methoxy groups -OCH3 is 1. The minimum atomic E-state index is -0.0181. The molecule has 0 saturated carbocycles. The van der Waals surface area contributed by atoms with Crippen LogP contribution in [0.2, 0.25) is 0 Å². The number of hydrogen-bond acceptors (Lipinski definition) is 4. The van der Waals surface area contributed by atoms with Gasteiger partial charge in [0.05, 0.1) is 29.9 Å². The van der Waals surface area contributed by atoms with E-state index in [2.05, 4.69) is 15.5 Å². The molecule has 0 fully saturated rings. The van der Waals surface area contributed by atoms with E-state index in [1.165, 1.54) is 0 Å². The van der Waals surface area contributed by atoms with Gasteiger partial charge in [0.1, 0.15) is 5.75 Å². The number of benzene rings is 1. The number of aryl methyl sites for hydroxylation is 2. The quantitative estimate of drug-likeness (QED) is 0.861. The second-order valence-corrected chi connectivity index (χ2v) is 5.69. The molecule has 0 bridgehead atoms. The molecular weight excluding hydrogens is 286 g/mol. The molecule has 1 heterocycles. The van der Waals surface area contributed by atoms with Gasteiger partial charge in [0.15, 0.2) is 0 Å². The third-order valence-corrected chi connectivity index (χ3v) is 4.03. The van der Waals surface area contributed by atoms with Crippen molar-refractivity contribution in [3.05, 3.63) is 41.2 Å². The second-order valence-electron chi connectivity index (χ2n) is 4.70. The highest BCUT2D eigenvalue weighted by Gasteiger charge is 2.10. The summed E-state index contributed by atoms with van der Waals surface area (Å²) in [6.07, 6.45) is 0. The highest BCUT2D eigenvalue weighted by molar-refractivity contribution is 7.99. The number of nitrogens with zero attached hydrogens (tertiary/aromatic N) is 1. The first-order valence-electron chi connectivity index (χ1n) is 6.62. The summed E-state index contributed by atoms with van der Waals surface area (Å²) in [5.41, 5.74) is 3.60. The maximum absolute atomic E-state index is 11.9. The molecule has 1 aromatic heterocycles. The van der Waals surface area contributed by atoms with Crippen molar-refractivity contribution < 1.29 is 9.53 Å². The fourth-order valence-corrected chi connectivity index (χ4v) is 2.71. The van der Waals surface area contributed by atoms with Crippen LogP contribution >= 0.6 is 11.8 Å². The summed E-state index contributed by atoms with van der Waals surface area (Å²) in [7, 11) is 1.65. The summed E-state index contributed by atoms with van der Waals surface area (Å²) in [6, 6.07) is 7.87. The molecule has 5 nitrogen and oxygen atoms in total. The Bertz CT molecular complexity index is 606. The summed E-state index contributed by atoms with van der Waals surface area (Å²) < 4.78 is 5.18. The lowest BCUT2D eigenvalue weighted by molar-refractivity contribution is -0.113. The molecule has 2 N–H and O–H groups in total. The first-order valence-corrected chi connectivity index (χ1v) is 7.77. The lowest BCUT2D eigenvalue weighted by atomic mass is 10.2. The number of carbonyl (C=O) groups excluding carboxylic acids is 1. The largest absolute Gasteiger partial charge is 0.497 e. The van der Waals surface area contributed by atoms with Gasteiger partial charge in [-0.05, 0) is 31.5 Å². The lowest BCUT2D eigenvalue weighted by Crippen LogP contribution is -2.15. The van der Waals surface area contributed by atoms with E-state index >= 15 is 0 Å². The summed E-state index contributed by atoms with van der Waals surface area (Å²) in [5.74, 6) is 1.99. The zero-order chi connectivity index (χ0) is 15.2. The minimum Gasteiger partial charge on any atom is -0.497 e. The number of aromatic nitrogens is 2. The Kier molecular flexibility index (Phi) is 5.27. The van der Waals surface area contributed by atoms with Gasteiger partial charge in [0, 0.05) is 5.75 Å². The van der Waals surface area contributed by atoms with Crippen molar-refractivity contribution in [2.24, 2.45) is 0 Å². The van der Waals surface area contributed by atoms with Crippen molar-refractivity contribution in [3.63, 3.8) is 0 Å². The Hall–Kier alpha value is -1.95. The molecule has 1 aromatic carbocycles. The highest BCUT2D eigenvalue weighted by atomic mass is 32.2. The predicted molar refractivity (Wildman–Crippen MR) is 85.8 cm³/mol. The maximum Gasteiger partial charge on any atom is 0.234 e. The number of nitrogens with one attached hydrogen (secondary N) is 2. The van der Waals surface area contributed by atoms with Crippen molar-refractivity contribution >= 4 is 23.4 Å².